The molecule has 9 heteroatoms. The van der Waals surface area contributed by atoms with E-state index in [1.165, 1.54) is 18.3 Å². The Bertz CT molecular complexity index is 1380. The molecule has 3 aromatic rings. The van der Waals surface area contributed by atoms with Gasteiger partial charge in [0.05, 0.1) is 17.2 Å². The number of amides is 1. The Morgan fingerprint density at radius 3 is 2.15 bits per heavy atom. The quantitative estimate of drug-likeness (QED) is 0.380. The minimum absolute atomic E-state index is 0.0855. The first-order valence-corrected chi connectivity index (χ1v) is 14.0. The van der Waals surface area contributed by atoms with Gasteiger partial charge in [0, 0.05) is 58.4 Å². The third kappa shape index (κ3) is 7.40. The van der Waals surface area contributed by atoms with Crippen molar-refractivity contribution < 1.29 is 18.4 Å². The van der Waals surface area contributed by atoms with Crippen molar-refractivity contribution in [2.45, 2.75) is 32.1 Å². The number of likely N-dealkylation sites (tertiary alicyclic amines) is 1. The van der Waals surface area contributed by atoms with Gasteiger partial charge in [-0.05, 0) is 66.4 Å². The van der Waals surface area contributed by atoms with Gasteiger partial charge in [0.15, 0.2) is 5.78 Å². The van der Waals surface area contributed by atoms with Crippen LogP contribution in [0.2, 0.25) is 0 Å². The van der Waals surface area contributed by atoms with Crippen LogP contribution in [0.3, 0.4) is 0 Å². The summed E-state index contributed by atoms with van der Waals surface area (Å²) in [6.07, 6.45) is 0.983. The molecule has 0 spiro atoms. The summed E-state index contributed by atoms with van der Waals surface area (Å²) in [5, 5.41) is 8.94. The van der Waals surface area contributed by atoms with Crippen molar-refractivity contribution in [3.63, 3.8) is 0 Å². The molecule has 2 aromatic carbocycles. The number of ketones is 1. The van der Waals surface area contributed by atoms with Gasteiger partial charge in [0.25, 0.3) is 5.91 Å². The maximum Gasteiger partial charge on any atom is 0.255 e. The Labute approximate surface area is 239 Å². The molecular formula is C32H33F2N5O2. The SMILES string of the molecule is N#Cc1ccc(CN2CCC(CC(=O)c3ccc(C(=O)N4CCN(Cc5ccc(F)cc5)CC4)cn3)C(F)C2)cc1. The Morgan fingerprint density at radius 1 is 0.878 bits per heavy atom. The summed E-state index contributed by atoms with van der Waals surface area (Å²) < 4.78 is 28.2. The lowest BCUT2D eigenvalue weighted by molar-refractivity contribution is 0.0626. The largest absolute Gasteiger partial charge is 0.336 e. The molecule has 2 aliphatic heterocycles. The van der Waals surface area contributed by atoms with E-state index in [2.05, 4.69) is 16.0 Å². The molecule has 2 atom stereocenters. The number of piperazine rings is 1. The first-order valence-electron chi connectivity index (χ1n) is 14.0. The number of hydrogen-bond acceptors (Lipinski definition) is 6. The molecule has 2 fully saturated rings. The maximum atomic E-state index is 15.0. The van der Waals surface area contributed by atoms with Crippen LogP contribution in [0, 0.1) is 23.1 Å². The molecule has 2 unspecified atom stereocenters. The Kier molecular flexibility index (Phi) is 9.12. The highest BCUT2D eigenvalue weighted by molar-refractivity contribution is 5.97. The van der Waals surface area contributed by atoms with Crippen molar-refractivity contribution in [3.8, 4) is 6.07 Å². The van der Waals surface area contributed by atoms with Crippen LogP contribution in [-0.4, -0.2) is 76.8 Å². The fraction of sp³-hybridized carbons (Fsp3) is 0.375. The van der Waals surface area contributed by atoms with Crippen LogP contribution in [0.5, 0.6) is 0 Å². The Morgan fingerprint density at radius 2 is 1.54 bits per heavy atom. The minimum Gasteiger partial charge on any atom is -0.336 e. The van der Waals surface area contributed by atoms with Gasteiger partial charge >= 0.3 is 0 Å². The second-order valence-electron chi connectivity index (χ2n) is 10.9. The van der Waals surface area contributed by atoms with Gasteiger partial charge < -0.3 is 4.90 Å². The average Bonchev–Trinajstić information content (AvgIpc) is 3.00. The Balaban J connectivity index is 1.07. The van der Waals surface area contributed by atoms with Crippen molar-refractivity contribution in [2.24, 2.45) is 5.92 Å². The summed E-state index contributed by atoms with van der Waals surface area (Å²) in [7, 11) is 0. The molecule has 0 aliphatic carbocycles. The van der Waals surface area contributed by atoms with E-state index in [4.69, 9.17) is 5.26 Å². The molecule has 41 heavy (non-hydrogen) atoms. The van der Waals surface area contributed by atoms with E-state index >= 15 is 4.39 Å². The molecule has 212 valence electrons. The molecule has 1 aromatic heterocycles. The smallest absolute Gasteiger partial charge is 0.255 e. The van der Waals surface area contributed by atoms with Gasteiger partial charge in [0.1, 0.15) is 17.7 Å². The molecule has 5 rings (SSSR count). The topological polar surface area (TPSA) is 80.5 Å². The lowest BCUT2D eigenvalue weighted by Crippen LogP contribution is -2.48. The summed E-state index contributed by atoms with van der Waals surface area (Å²) >= 11 is 0. The molecule has 2 aliphatic rings. The van der Waals surface area contributed by atoms with Crippen molar-refractivity contribution >= 4 is 11.7 Å². The van der Waals surface area contributed by atoms with Crippen molar-refractivity contribution in [1.29, 1.82) is 5.26 Å². The van der Waals surface area contributed by atoms with Gasteiger partial charge in [-0.25, -0.2) is 8.78 Å². The number of piperidine rings is 1. The number of rotatable bonds is 8. The van der Waals surface area contributed by atoms with E-state index in [1.54, 1.807) is 41.3 Å². The third-order valence-corrected chi connectivity index (χ3v) is 7.97. The van der Waals surface area contributed by atoms with Gasteiger partial charge in [0.2, 0.25) is 0 Å². The molecule has 0 bridgehead atoms. The number of nitrogens with zero attached hydrogens (tertiary/aromatic N) is 5. The van der Waals surface area contributed by atoms with Crippen molar-refractivity contribution in [2.75, 3.05) is 39.3 Å². The number of nitriles is 1. The zero-order chi connectivity index (χ0) is 28.8. The molecule has 1 amide bonds. The van der Waals surface area contributed by atoms with Gasteiger partial charge in [-0.2, -0.15) is 5.26 Å². The minimum atomic E-state index is -1.12. The molecule has 0 saturated carbocycles. The standard InChI is InChI=1S/C32H33F2N5O2/c33-28-8-5-25(6-9-28)20-37-13-15-39(16-14-37)32(41)27-7-10-30(36-19-27)31(40)17-26-11-12-38(22-29(26)34)21-24-3-1-23(18-35)2-4-24/h1-10,19,26,29H,11-17,20-22H2. The zero-order valence-electron chi connectivity index (χ0n) is 22.9. The highest BCUT2D eigenvalue weighted by Gasteiger charge is 2.31. The van der Waals surface area contributed by atoms with Crippen LogP contribution >= 0.6 is 0 Å². The van der Waals surface area contributed by atoms with Crippen molar-refractivity contribution in [3.05, 3.63) is 101 Å². The van der Waals surface area contributed by atoms with Gasteiger partial charge in [-0.15, -0.1) is 0 Å². The molecule has 3 heterocycles. The zero-order valence-corrected chi connectivity index (χ0v) is 22.9. The van der Waals surface area contributed by atoms with E-state index in [9.17, 15) is 14.0 Å². The number of pyridine rings is 1. The number of Topliss-reactive ketones (excluding diaryl/α,β-unsaturated/α-hetero) is 1. The number of benzene rings is 2. The second-order valence-corrected chi connectivity index (χ2v) is 10.9. The molecule has 0 N–H and O–H groups in total. The summed E-state index contributed by atoms with van der Waals surface area (Å²) in [5.41, 5.74) is 3.32. The summed E-state index contributed by atoms with van der Waals surface area (Å²) in [4.78, 5) is 36.2. The monoisotopic (exact) mass is 557 g/mol. The van der Waals surface area contributed by atoms with E-state index in [0.717, 1.165) is 11.1 Å². The predicted octanol–water partition coefficient (Wildman–Crippen LogP) is 4.48. The third-order valence-electron chi connectivity index (χ3n) is 7.97. The first-order chi connectivity index (χ1) is 19.9. The van der Waals surface area contributed by atoms with Gasteiger partial charge in [-0.3, -0.25) is 24.4 Å². The number of carbonyl (C=O) groups excluding carboxylic acids is 2. The number of carbonyl (C=O) groups is 2. The normalized spacial score (nSPS) is 20.0. The van der Waals surface area contributed by atoms with Crippen LogP contribution in [0.15, 0.2) is 66.9 Å². The van der Waals surface area contributed by atoms with Crippen molar-refractivity contribution in [1.82, 2.24) is 19.7 Å². The van der Waals surface area contributed by atoms with E-state index < -0.39 is 6.17 Å². The van der Waals surface area contributed by atoms with Crippen LogP contribution in [-0.2, 0) is 13.1 Å². The van der Waals surface area contributed by atoms with E-state index in [1.807, 2.05) is 17.0 Å². The molecule has 0 radical (unpaired) electrons. The molecule has 2 saturated heterocycles. The Hall–Kier alpha value is -4.00. The highest BCUT2D eigenvalue weighted by Crippen LogP contribution is 2.26. The summed E-state index contributed by atoms with van der Waals surface area (Å²) in [5.74, 6) is -0.966. The lowest BCUT2D eigenvalue weighted by atomic mass is 9.89. The number of hydrogen-bond donors (Lipinski definition) is 0. The number of aromatic nitrogens is 1. The van der Waals surface area contributed by atoms with E-state index in [-0.39, 0.29) is 42.1 Å². The first kappa shape index (κ1) is 28.5. The van der Waals surface area contributed by atoms with Crippen LogP contribution in [0.4, 0.5) is 8.78 Å². The van der Waals surface area contributed by atoms with E-state index in [0.29, 0.717) is 63.4 Å². The molecular weight excluding hydrogens is 524 g/mol. The summed E-state index contributed by atoms with van der Waals surface area (Å²) in [6, 6.07) is 19.0. The molecule has 7 nitrogen and oxygen atoms in total. The van der Waals surface area contributed by atoms with Crippen LogP contribution in [0.1, 0.15) is 50.4 Å². The lowest BCUT2D eigenvalue weighted by Gasteiger charge is -2.34. The number of alkyl halides is 1. The second kappa shape index (κ2) is 13.1. The van der Waals surface area contributed by atoms with Crippen LogP contribution in [0.25, 0.3) is 0 Å². The predicted molar refractivity (Wildman–Crippen MR) is 150 cm³/mol. The maximum absolute atomic E-state index is 15.0. The highest BCUT2D eigenvalue weighted by atomic mass is 19.1. The fourth-order valence-electron chi connectivity index (χ4n) is 5.50. The number of halogens is 2. The van der Waals surface area contributed by atoms with Crippen LogP contribution < -0.4 is 0 Å². The fourth-order valence-corrected chi connectivity index (χ4v) is 5.50. The average molecular weight is 558 g/mol. The summed E-state index contributed by atoms with van der Waals surface area (Å²) in [6.45, 7) is 4.83. The van der Waals surface area contributed by atoms with Gasteiger partial charge in [-0.1, -0.05) is 24.3 Å².